The van der Waals surface area contributed by atoms with Crippen molar-refractivity contribution in [1.29, 1.82) is 0 Å². The molecule has 0 spiro atoms. The zero-order valence-corrected chi connectivity index (χ0v) is 14.8. The van der Waals surface area contributed by atoms with E-state index in [1.165, 1.54) is 6.07 Å². The third kappa shape index (κ3) is 3.91. The summed E-state index contributed by atoms with van der Waals surface area (Å²) in [6, 6.07) is 20.6. The molecule has 3 aromatic rings. The van der Waals surface area contributed by atoms with Crippen LogP contribution in [0.5, 0.6) is 0 Å². The van der Waals surface area contributed by atoms with Gasteiger partial charge in [-0.2, -0.15) is 0 Å². The molecule has 4 heteroatoms. The predicted octanol–water partition coefficient (Wildman–Crippen LogP) is 5.23. The van der Waals surface area contributed by atoms with E-state index in [1.54, 1.807) is 18.2 Å². The largest absolute Gasteiger partial charge is 0.370 e. The van der Waals surface area contributed by atoms with Crippen LogP contribution >= 0.6 is 0 Å². The number of anilines is 2. The van der Waals surface area contributed by atoms with Gasteiger partial charge in [0.15, 0.2) is 0 Å². The van der Waals surface area contributed by atoms with Crippen molar-refractivity contribution in [2.75, 3.05) is 10.6 Å². The maximum atomic E-state index is 14.4. The fourth-order valence-corrected chi connectivity index (χ4v) is 2.90. The molecule has 0 aliphatic carbocycles. The third-order valence-electron chi connectivity index (χ3n) is 4.29. The Morgan fingerprint density at radius 1 is 0.846 bits per heavy atom. The number of amides is 1. The Labute approximate surface area is 152 Å². The van der Waals surface area contributed by atoms with E-state index in [4.69, 9.17) is 0 Å². The maximum absolute atomic E-state index is 14.4. The average Bonchev–Trinajstić information content (AvgIpc) is 2.64. The molecule has 1 amide bonds. The van der Waals surface area contributed by atoms with E-state index >= 15 is 0 Å². The van der Waals surface area contributed by atoms with Crippen LogP contribution in [-0.4, -0.2) is 5.91 Å². The van der Waals surface area contributed by atoms with Crippen molar-refractivity contribution in [1.82, 2.24) is 0 Å². The first-order chi connectivity index (χ1) is 12.6. The van der Waals surface area contributed by atoms with E-state index in [2.05, 4.69) is 10.6 Å². The summed E-state index contributed by atoms with van der Waals surface area (Å²) in [5.74, 6) is -0.728. The smallest absolute Gasteiger partial charge is 0.251 e. The summed E-state index contributed by atoms with van der Waals surface area (Å²) in [4.78, 5) is 13.0. The van der Waals surface area contributed by atoms with Crippen LogP contribution in [0.3, 0.4) is 0 Å². The van der Waals surface area contributed by atoms with Crippen molar-refractivity contribution in [3.63, 3.8) is 0 Å². The molecule has 1 unspecified atom stereocenters. The molecule has 0 heterocycles. The summed E-state index contributed by atoms with van der Waals surface area (Å²) < 4.78 is 14.4. The molecule has 0 fully saturated rings. The van der Waals surface area contributed by atoms with Crippen LogP contribution in [-0.2, 0) is 4.79 Å². The van der Waals surface area contributed by atoms with E-state index in [0.717, 1.165) is 22.5 Å². The number of carbonyl (C=O) groups excluding carboxylic acids is 1. The molecule has 0 aliphatic heterocycles. The van der Waals surface area contributed by atoms with Crippen LogP contribution in [0, 0.1) is 19.7 Å². The highest BCUT2D eigenvalue weighted by Gasteiger charge is 2.24. The molecule has 3 nitrogen and oxygen atoms in total. The van der Waals surface area contributed by atoms with Gasteiger partial charge in [-0.1, -0.05) is 54.6 Å². The predicted molar refractivity (Wildman–Crippen MR) is 104 cm³/mol. The van der Waals surface area contributed by atoms with E-state index < -0.39 is 11.9 Å². The van der Waals surface area contributed by atoms with E-state index in [0.29, 0.717) is 5.56 Å². The first-order valence-corrected chi connectivity index (χ1v) is 8.49. The lowest BCUT2D eigenvalue weighted by molar-refractivity contribution is -0.117. The monoisotopic (exact) mass is 348 g/mol. The Morgan fingerprint density at radius 3 is 2.12 bits per heavy atom. The van der Waals surface area contributed by atoms with Gasteiger partial charge in [0, 0.05) is 16.9 Å². The van der Waals surface area contributed by atoms with E-state index in [1.807, 2.05) is 62.4 Å². The first kappa shape index (κ1) is 17.7. The summed E-state index contributed by atoms with van der Waals surface area (Å²) >= 11 is 0. The number of para-hydroxylation sites is 2. The molecule has 0 aromatic heterocycles. The van der Waals surface area contributed by atoms with Crippen molar-refractivity contribution in [2.24, 2.45) is 0 Å². The summed E-state index contributed by atoms with van der Waals surface area (Å²) in [5.41, 5.74) is 3.74. The molecule has 1 atom stereocenters. The number of benzene rings is 3. The van der Waals surface area contributed by atoms with Crippen molar-refractivity contribution in [3.05, 3.63) is 95.3 Å². The molecular formula is C22H21FN2O. The van der Waals surface area contributed by atoms with Gasteiger partial charge in [-0.05, 0) is 43.2 Å². The number of hydrogen-bond donors (Lipinski definition) is 2. The number of hydrogen-bond acceptors (Lipinski definition) is 2. The van der Waals surface area contributed by atoms with E-state index in [-0.39, 0.29) is 5.91 Å². The molecule has 132 valence electrons. The van der Waals surface area contributed by atoms with Gasteiger partial charge < -0.3 is 10.6 Å². The third-order valence-corrected chi connectivity index (χ3v) is 4.29. The van der Waals surface area contributed by atoms with Crippen LogP contribution < -0.4 is 10.6 Å². The van der Waals surface area contributed by atoms with E-state index in [9.17, 15) is 9.18 Å². The zero-order valence-electron chi connectivity index (χ0n) is 14.8. The minimum atomic E-state index is -0.849. The lowest BCUT2D eigenvalue weighted by Gasteiger charge is -2.22. The normalized spacial score (nSPS) is 11.7. The number of rotatable bonds is 5. The Morgan fingerprint density at radius 2 is 1.46 bits per heavy atom. The summed E-state index contributed by atoms with van der Waals surface area (Å²) in [7, 11) is 0. The fraction of sp³-hybridized carbons (Fsp3) is 0.136. The Balaban J connectivity index is 1.95. The Kier molecular flexibility index (Phi) is 5.32. The lowest BCUT2D eigenvalue weighted by Crippen LogP contribution is -2.28. The SMILES string of the molecule is Cc1cccc(C)c1NC(=O)C(Nc1ccccc1)c1ccccc1F. The summed E-state index contributed by atoms with van der Waals surface area (Å²) in [6.07, 6.45) is 0. The van der Waals surface area contributed by atoms with Gasteiger partial charge in [0.25, 0.3) is 5.91 Å². The molecular weight excluding hydrogens is 327 g/mol. The van der Waals surface area contributed by atoms with Crippen LogP contribution in [0.25, 0.3) is 0 Å². The Bertz CT molecular complexity index is 889. The van der Waals surface area contributed by atoms with Gasteiger partial charge >= 0.3 is 0 Å². The number of nitrogens with one attached hydrogen (secondary N) is 2. The van der Waals surface area contributed by atoms with Gasteiger partial charge in [-0.15, -0.1) is 0 Å². The highest BCUT2D eigenvalue weighted by molar-refractivity contribution is 5.98. The van der Waals surface area contributed by atoms with Crippen molar-refractivity contribution in [2.45, 2.75) is 19.9 Å². The molecule has 0 radical (unpaired) electrons. The van der Waals surface area contributed by atoms with Gasteiger partial charge in [0.05, 0.1) is 0 Å². The molecule has 3 aromatic carbocycles. The van der Waals surface area contributed by atoms with Gasteiger partial charge in [0.1, 0.15) is 11.9 Å². The minimum absolute atomic E-state index is 0.306. The quantitative estimate of drug-likeness (QED) is 0.662. The van der Waals surface area contributed by atoms with Crippen LogP contribution in [0.2, 0.25) is 0 Å². The molecule has 2 N–H and O–H groups in total. The highest BCUT2D eigenvalue weighted by atomic mass is 19.1. The second-order valence-corrected chi connectivity index (χ2v) is 6.22. The molecule has 0 saturated carbocycles. The van der Waals surface area contributed by atoms with Gasteiger partial charge in [0.2, 0.25) is 0 Å². The van der Waals surface area contributed by atoms with Gasteiger partial charge in [-0.25, -0.2) is 4.39 Å². The number of aryl methyl sites for hydroxylation is 2. The lowest BCUT2D eigenvalue weighted by atomic mass is 10.0. The van der Waals surface area contributed by atoms with Gasteiger partial charge in [-0.3, -0.25) is 4.79 Å². The first-order valence-electron chi connectivity index (χ1n) is 8.49. The summed E-state index contributed by atoms with van der Waals surface area (Å²) in [5, 5.41) is 6.10. The molecule has 0 saturated heterocycles. The van der Waals surface area contributed by atoms with Crippen molar-refractivity contribution in [3.8, 4) is 0 Å². The standard InChI is InChI=1S/C22H21FN2O/c1-15-9-8-10-16(2)20(15)25-22(26)21(18-13-6-7-14-19(18)23)24-17-11-4-3-5-12-17/h3-14,21,24H,1-2H3,(H,25,26). The average molecular weight is 348 g/mol. The fourth-order valence-electron chi connectivity index (χ4n) is 2.90. The van der Waals surface area contributed by atoms with Crippen LogP contribution in [0.15, 0.2) is 72.8 Å². The van der Waals surface area contributed by atoms with Crippen LogP contribution in [0.4, 0.5) is 15.8 Å². The topological polar surface area (TPSA) is 41.1 Å². The number of carbonyl (C=O) groups is 1. The maximum Gasteiger partial charge on any atom is 0.251 e. The molecule has 0 aliphatic rings. The van der Waals surface area contributed by atoms with Crippen LogP contribution in [0.1, 0.15) is 22.7 Å². The van der Waals surface area contributed by atoms with Crippen molar-refractivity contribution >= 4 is 17.3 Å². The second kappa shape index (κ2) is 7.83. The second-order valence-electron chi connectivity index (χ2n) is 6.22. The number of halogens is 1. The zero-order chi connectivity index (χ0) is 18.5. The molecule has 0 bridgehead atoms. The molecule has 3 rings (SSSR count). The van der Waals surface area contributed by atoms with Crippen molar-refractivity contribution < 1.29 is 9.18 Å². The molecule has 26 heavy (non-hydrogen) atoms. The summed E-state index contributed by atoms with van der Waals surface area (Å²) in [6.45, 7) is 3.87. The Hall–Kier alpha value is -3.14. The minimum Gasteiger partial charge on any atom is -0.370 e. The highest BCUT2D eigenvalue weighted by Crippen LogP contribution is 2.26.